The standard InChI is InChI=1S/C20H22ClNO4/c1-14(20(24)25)12-22(2)19(23)11-16-4-3-5-18(10-16)26-13-15-6-8-17(21)9-7-15/h3-10,14H,11-13H2,1-2H3,(H,24,25). The highest BCUT2D eigenvalue weighted by atomic mass is 35.5. The second-order valence-electron chi connectivity index (χ2n) is 6.25. The first-order valence-corrected chi connectivity index (χ1v) is 8.66. The van der Waals surface area contributed by atoms with E-state index in [1.165, 1.54) is 4.90 Å². The van der Waals surface area contributed by atoms with Crippen molar-refractivity contribution in [2.24, 2.45) is 5.92 Å². The highest BCUT2D eigenvalue weighted by Crippen LogP contribution is 2.17. The van der Waals surface area contributed by atoms with E-state index in [1.54, 1.807) is 14.0 Å². The number of halogens is 1. The summed E-state index contributed by atoms with van der Waals surface area (Å²) >= 11 is 5.86. The Kier molecular flexibility index (Phi) is 7.04. The predicted octanol–water partition coefficient (Wildman–Crippen LogP) is 3.64. The number of ether oxygens (including phenoxy) is 1. The molecule has 1 unspecified atom stereocenters. The molecule has 0 aliphatic heterocycles. The number of carbonyl (C=O) groups is 2. The predicted molar refractivity (Wildman–Crippen MR) is 100 cm³/mol. The van der Waals surface area contributed by atoms with E-state index >= 15 is 0 Å². The van der Waals surface area contributed by atoms with E-state index in [4.69, 9.17) is 21.4 Å². The Morgan fingerprint density at radius 3 is 2.50 bits per heavy atom. The van der Waals surface area contributed by atoms with Gasteiger partial charge in [-0.25, -0.2) is 0 Å². The number of hydrogen-bond donors (Lipinski definition) is 1. The van der Waals surface area contributed by atoms with Gasteiger partial charge in [0, 0.05) is 18.6 Å². The van der Waals surface area contributed by atoms with Crippen LogP contribution >= 0.6 is 11.6 Å². The van der Waals surface area contributed by atoms with Crippen molar-refractivity contribution in [2.75, 3.05) is 13.6 Å². The molecular formula is C20H22ClNO4. The Labute approximate surface area is 158 Å². The highest BCUT2D eigenvalue weighted by Gasteiger charge is 2.17. The average molecular weight is 376 g/mol. The summed E-state index contributed by atoms with van der Waals surface area (Å²) in [7, 11) is 1.61. The third-order valence-corrected chi connectivity index (χ3v) is 4.22. The lowest BCUT2D eigenvalue weighted by Gasteiger charge is -2.19. The minimum absolute atomic E-state index is 0.132. The van der Waals surface area contributed by atoms with E-state index in [1.807, 2.05) is 48.5 Å². The number of carbonyl (C=O) groups excluding carboxylic acids is 1. The minimum Gasteiger partial charge on any atom is -0.489 e. The Bertz CT molecular complexity index is 761. The van der Waals surface area contributed by atoms with Crippen LogP contribution in [0.2, 0.25) is 5.02 Å². The Morgan fingerprint density at radius 1 is 1.15 bits per heavy atom. The lowest BCUT2D eigenvalue weighted by molar-refractivity contribution is -0.142. The van der Waals surface area contributed by atoms with Gasteiger partial charge in [-0.2, -0.15) is 0 Å². The maximum Gasteiger partial charge on any atom is 0.308 e. The monoisotopic (exact) mass is 375 g/mol. The molecule has 138 valence electrons. The average Bonchev–Trinajstić information content (AvgIpc) is 2.61. The molecule has 0 heterocycles. The molecule has 5 nitrogen and oxygen atoms in total. The van der Waals surface area contributed by atoms with Crippen molar-refractivity contribution in [2.45, 2.75) is 20.0 Å². The van der Waals surface area contributed by atoms with E-state index in [0.29, 0.717) is 17.4 Å². The van der Waals surface area contributed by atoms with Gasteiger partial charge < -0.3 is 14.7 Å². The maximum absolute atomic E-state index is 12.3. The molecule has 2 aromatic rings. The molecule has 0 spiro atoms. The van der Waals surface area contributed by atoms with Crippen LogP contribution in [0.3, 0.4) is 0 Å². The Hall–Kier alpha value is -2.53. The maximum atomic E-state index is 12.3. The van der Waals surface area contributed by atoms with Gasteiger partial charge >= 0.3 is 5.97 Å². The van der Waals surface area contributed by atoms with E-state index in [-0.39, 0.29) is 18.9 Å². The summed E-state index contributed by atoms with van der Waals surface area (Å²) in [5, 5.41) is 9.62. The van der Waals surface area contributed by atoms with Crippen molar-refractivity contribution in [3.05, 3.63) is 64.7 Å². The number of amides is 1. The molecule has 1 N–H and O–H groups in total. The second-order valence-corrected chi connectivity index (χ2v) is 6.69. The summed E-state index contributed by atoms with van der Waals surface area (Å²) in [4.78, 5) is 24.6. The molecule has 26 heavy (non-hydrogen) atoms. The van der Waals surface area contributed by atoms with Gasteiger partial charge in [0.15, 0.2) is 0 Å². The molecule has 0 bridgehead atoms. The number of benzene rings is 2. The van der Waals surface area contributed by atoms with Crippen LogP contribution in [0.1, 0.15) is 18.1 Å². The zero-order valence-corrected chi connectivity index (χ0v) is 15.6. The molecule has 2 rings (SSSR count). The fourth-order valence-corrected chi connectivity index (χ4v) is 2.52. The molecule has 0 saturated carbocycles. The van der Waals surface area contributed by atoms with E-state index in [0.717, 1.165) is 11.1 Å². The van der Waals surface area contributed by atoms with Crippen LogP contribution < -0.4 is 4.74 Å². The van der Waals surface area contributed by atoms with Gasteiger partial charge in [-0.3, -0.25) is 9.59 Å². The lowest BCUT2D eigenvalue weighted by Crippen LogP contribution is -2.34. The molecule has 6 heteroatoms. The molecule has 1 atom stereocenters. The number of rotatable bonds is 8. The van der Waals surface area contributed by atoms with Crippen molar-refractivity contribution in [1.82, 2.24) is 4.90 Å². The highest BCUT2D eigenvalue weighted by molar-refractivity contribution is 6.30. The zero-order valence-electron chi connectivity index (χ0n) is 14.8. The summed E-state index contributed by atoms with van der Waals surface area (Å²) in [6.45, 7) is 2.17. The van der Waals surface area contributed by atoms with Crippen LogP contribution in [-0.2, 0) is 22.6 Å². The molecule has 0 fully saturated rings. The topological polar surface area (TPSA) is 66.8 Å². The molecule has 1 amide bonds. The first-order chi connectivity index (χ1) is 12.3. The molecule has 0 saturated heterocycles. The van der Waals surface area contributed by atoms with Gasteiger partial charge in [0.05, 0.1) is 12.3 Å². The third-order valence-electron chi connectivity index (χ3n) is 3.97. The number of hydrogen-bond acceptors (Lipinski definition) is 3. The zero-order chi connectivity index (χ0) is 19.1. The van der Waals surface area contributed by atoms with Gasteiger partial charge in [0.1, 0.15) is 12.4 Å². The van der Waals surface area contributed by atoms with E-state index < -0.39 is 11.9 Å². The molecule has 0 radical (unpaired) electrons. The number of carboxylic acid groups (broad SMARTS) is 1. The first kappa shape index (κ1) is 19.8. The van der Waals surface area contributed by atoms with Crippen molar-refractivity contribution in [1.29, 1.82) is 0 Å². The van der Waals surface area contributed by atoms with Crippen LogP contribution in [-0.4, -0.2) is 35.5 Å². The van der Waals surface area contributed by atoms with E-state index in [9.17, 15) is 9.59 Å². The van der Waals surface area contributed by atoms with Crippen LogP contribution in [0.5, 0.6) is 5.75 Å². The van der Waals surface area contributed by atoms with Crippen LogP contribution in [0.4, 0.5) is 0 Å². The van der Waals surface area contributed by atoms with E-state index in [2.05, 4.69) is 0 Å². The SMILES string of the molecule is CC(CN(C)C(=O)Cc1cccc(OCc2ccc(Cl)cc2)c1)C(=O)O. The lowest BCUT2D eigenvalue weighted by atomic mass is 10.1. The first-order valence-electron chi connectivity index (χ1n) is 8.28. The number of carboxylic acids is 1. The normalized spacial score (nSPS) is 11.7. The number of likely N-dealkylation sites (N-methyl/N-ethyl adjacent to an activating group) is 1. The van der Waals surface area contributed by atoms with Crippen LogP contribution in [0.15, 0.2) is 48.5 Å². The van der Waals surface area contributed by atoms with Gasteiger partial charge in [0.2, 0.25) is 5.91 Å². The van der Waals surface area contributed by atoms with Crippen molar-refractivity contribution in [3.63, 3.8) is 0 Å². The second kappa shape index (κ2) is 9.25. The van der Waals surface area contributed by atoms with Gasteiger partial charge in [-0.15, -0.1) is 0 Å². The Morgan fingerprint density at radius 2 is 1.85 bits per heavy atom. The van der Waals surface area contributed by atoms with Crippen molar-refractivity contribution in [3.8, 4) is 5.75 Å². The fraction of sp³-hybridized carbons (Fsp3) is 0.300. The summed E-state index contributed by atoms with van der Waals surface area (Å²) in [6.07, 6.45) is 0.195. The van der Waals surface area contributed by atoms with Gasteiger partial charge in [-0.05, 0) is 35.4 Å². The smallest absolute Gasteiger partial charge is 0.308 e. The van der Waals surface area contributed by atoms with Gasteiger partial charge in [0.25, 0.3) is 0 Å². The largest absolute Gasteiger partial charge is 0.489 e. The molecule has 0 aliphatic carbocycles. The number of aliphatic carboxylic acids is 1. The summed E-state index contributed by atoms with van der Waals surface area (Å²) in [5.74, 6) is -0.972. The molecule has 2 aromatic carbocycles. The van der Waals surface area contributed by atoms with Crippen LogP contribution in [0, 0.1) is 5.92 Å². The van der Waals surface area contributed by atoms with Crippen molar-refractivity contribution >= 4 is 23.5 Å². The van der Waals surface area contributed by atoms with Crippen molar-refractivity contribution < 1.29 is 19.4 Å². The molecular weight excluding hydrogens is 354 g/mol. The number of nitrogens with zero attached hydrogens (tertiary/aromatic N) is 1. The minimum atomic E-state index is -0.915. The summed E-state index contributed by atoms with van der Waals surface area (Å²) in [6, 6.07) is 14.7. The fourth-order valence-electron chi connectivity index (χ4n) is 2.39. The Balaban J connectivity index is 1.92. The molecule has 0 aliphatic rings. The summed E-state index contributed by atoms with van der Waals surface area (Å²) in [5.41, 5.74) is 1.82. The summed E-state index contributed by atoms with van der Waals surface area (Å²) < 4.78 is 5.76. The molecule has 0 aromatic heterocycles. The third kappa shape index (κ3) is 6.08. The van der Waals surface area contributed by atoms with Gasteiger partial charge in [-0.1, -0.05) is 42.8 Å². The quantitative estimate of drug-likeness (QED) is 0.764. The van der Waals surface area contributed by atoms with Crippen LogP contribution in [0.25, 0.3) is 0 Å².